The molecule has 0 aliphatic heterocycles. The third-order valence-electron chi connectivity index (χ3n) is 3.64. The van der Waals surface area contributed by atoms with Crippen LogP contribution in [0.2, 0.25) is 0 Å². The lowest BCUT2D eigenvalue weighted by Gasteiger charge is -2.17. The van der Waals surface area contributed by atoms with Crippen LogP contribution in [-0.2, 0) is 13.2 Å². The molecule has 21 heavy (non-hydrogen) atoms. The fraction of sp³-hybridized carbons (Fsp3) is 0.438. The van der Waals surface area contributed by atoms with Gasteiger partial charge in [-0.3, -0.25) is 0 Å². The molecule has 0 radical (unpaired) electrons. The number of benzene rings is 1. The van der Waals surface area contributed by atoms with E-state index in [1.54, 1.807) is 7.11 Å². The zero-order valence-corrected chi connectivity index (χ0v) is 13.1. The van der Waals surface area contributed by atoms with Crippen LogP contribution in [0.5, 0.6) is 11.5 Å². The van der Waals surface area contributed by atoms with E-state index in [1.807, 2.05) is 37.8 Å². The van der Waals surface area contributed by atoms with Gasteiger partial charge in [0.1, 0.15) is 18.1 Å². The summed E-state index contributed by atoms with van der Waals surface area (Å²) in [6.45, 7) is 5.57. The van der Waals surface area contributed by atoms with Gasteiger partial charge in [0.05, 0.1) is 25.3 Å². The third kappa shape index (κ3) is 3.55. The maximum Gasteiger partial charge on any atom is 0.130 e. The van der Waals surface area contributed by atoms with Crippen molar-refractivity contribution in [3.63, 3.8) is 0 Å². The molecule has 114 valence electrons. The average Bonchev–Trinajstić information content (AvgIpc) is 2.99. The number of rotatable bonds is 7. The summed E-state index contributed by atoms with van der Waals surface area (Å²) in [6, 6.07) is 6.12. The monoisotopic (exact) mass is 289 g/mol. The van der Waals surface area contributed by atoms with Crippen LogP contribution in [0, 0.1) is 0 Å². The molecule has 0 fully saturated rings. The Kier molecular flexibility index (Phi) is 5.22. The molecule has 0 aliphatic carbocycles. The lowest BCUT2D eigenvalue weighted by atomic mass is 10.1. The van der Waals surface area contributed by atoms with E-state index in [0.29, 0.717) is 6.61 Å². The Labute approximate surface area is 125 Å². The van der Waals surface area contributed by atoms with Crippen LogP contribution < -0.4 is 14.8 Å². The summed E-state index contributed by atoms with van der Waals surface area (Å²) >= 11 is 0. The van der Waals surface area contributed by atoms with E-state index in [9.17, 15) is 0 Å². The molecule has 1 aromatic carbocycles. The van der Waals surface area contributed by atoms with E-state index in [0.717, 1.165) is 29.3 Å². The van der Waals surface area contributed by atoms with Gasteiger partial charge in [-0.05, 0) is 27.0 Å². The number of hydrogen-bond donors (Lipinski definition) is 1. The van der Waals surface area contributed by atoms with Crippen LogP contribution >= 0.6 is 0 Å². The van der Waals surface area contributed by atoms with Crippen molar-refractivity contribution in [1.29, 1.82) is 0 Å². The first-order valence-corrected chi connectivity index (χ1v) is 7.16. The average molecular weight is 289 g/mol. The van der Waals surface area contributed by atoms with Gasteiger partial charge in [0, 0.05) is 24.2 Å². The fourth-order valence-corrected chi connectivity index (χ4v) is 2.18. The van der Waals surface area contributed by atoms with Crippen LogP contribution in [0.1, 0.15) is 31.1 Å². The molecule has 2 rings (SSSR count). The third-order valence-corrected chi connectivity index (χ3v) is 3.64. The first-order chi connectivity index (χ1) is 10.2. The van der Waals surface area contributed by atoms with Crippen molar-refractivity contribution >= 4 is 0 Å². The van der Waals surface area contributed by atoms with Gasteiger partial charge in [-0.25, -0.2) is 4.98 Å². The number of methoxy groups -OCH3 is 1. The van der Waals surface area contributed by atoms with E-state index in [4.69, 9.17) is 9.47 Å². The van der Waals surface area contributed by atoms with Gasteiger partial charge >= 0.3 is 0 Å². The van der Waals surface area contributed by atoms with Crippen LogP contribution in [0.25, 0.3) is 0 Å². The molecule has 1 atom stereocenters. The molecular formula is C16H23N3O2. The molecule has 0 bridgehead atoms. The molecule has 1 N–H and O–H groups in total. The second kappa shape index (κ2) is 7.13. The smallest absolute Gasteiger partial charge is 0.130 e. The van der Waals surface area contributed by atoms with Crippen LogP contribution in [0.4, 0.5) is 0 Å². The van der Waals surface area contributed by atoms with Crippen molar-refractivity contribution in [3.8, 4) is 11.5 Å². The highest BCUT2D eigenvalue weighted by Gasteiger charge is 2.12. The zero-order chi connectivity index (χ0) is 15.2. The Morgan fingerprint density at radius 1 is 1.38 bits per heavy atom. The van der Waals surface area contributed by atoms with Gasteiger partial charge in [0.15, 0.2) is 0 Å². The molecule has 0 amide bonds. The van der Waals surface area contributed by atoms with E-state index in [-0.39, 0.29) is 6.04 Å². The molecular weight excluding hydrogens is 266 g/mol. The Morgan fingerprint density at radius 3 is 2.86 bits per heavy atom. The summed E-state index contributed by atoms with van der Waals surface area (Å²) in [6.07, 6.45) is 3.66. The molecule has 1 heterocycles. The Hall–Kier alpha value is -2.01. The molecule has 1 aromatic heterocycles. The quantitative estimate of drug-likeness (QED) is 0.851. The normalized spacial score (nSPS) is 12.2. The number of imidazole rings is 1. The van der Waals surface area contributed by atoms with Crippen LogP contribution in [-0.4, -0.2) is 23.7 Å². The molecule has 5 heteroatoms. The van der Waals surface area contributed by atoms with Crippen molar-refractivity contribution in [2.45, 2.75) is 33.0 Å². The molecule has 0 saturated heterocycles. The minimum atomic E-state index is 0.210. The van der Waals surface area contributed by atoms with Crippen molar-refractivity contribution in [2.75, 3.05) is 14.2 Å². The van der Waals surface area contributed by atoms with Crippen molar-refractivity contribution < 1.29 is 9.47 Å². The minimum absolute atomic E-state index is 0.210. The maximum atomic E-state index is 6.01. The highest BCUT2D eigenvalue weighted by molar-refractivity contribution is 5.42. The van der Waals surface area contributed by atoms with Gasteiger partial charge in [-0.1, -0.05) is 6.07 Å². The SMILES string of the molecule is CCn1cncc1COc1cc(OC)ccc1C(C)NC. The zero-order valence-electron chi connectivity index (χ0n) is 13.1. The van der Waals surface area contributed by atoms with Gasteiger partial charge in [-0.15, -0.1) is 0 Å². The minimum Gasteiger partial charge on any atom is -0.497 e. The summed E-state index contributed by atoms with van der Waals surface area (Å²) in [5, 5.41) is 3.24. The lowest BCUT2D eigenvalue weighted by molar-refractivity contribution is 0.287. The lowest BCUT2D eigenvalue weighted by Crippen LogP contribution is -2.14. The van der Waals surface area contributed by atoms with Crippen LogP contribution in [0.3, 0.4) is 0 Å². The number of nitrogens with one attached hydrogen (secondary N) is 1. The highest BCUT2D eigenvalue weighted by atomic mass is 16.5. The second-order valence-electron chi connectivity index (χ2n) is 4.87. The first kappa shape index (κ1) is 15.4. The molecule has 2 aromatic rings. The van der Waals surface area contributed by atoms with Gasteiger partial charge in [-0.2, -0.15) is 0 Å². The molecule has 0 spiro atoms. The Bertz CT molecular complexity index is 581. The van der Waals surface area contributed by atoms with Crippen LogP contribution in [0.15, 0.2) is 30.7 Å². The van der Waals surface area contributed by atoms with Crippen molar-refractivity contribution in [3.05, 3.63) is 42.0 Å². The van der Waals surface area contributed by atoms with Gasteiger partial charge in [0.25, 0.3) is 0 Å². The molecule has 0 aliphatic rings. The number of ether oxygens (including phenoxy) is 2. The predicted molar refractivity (Wildman–Crippen MR) is 82.7 cm³/mol. The summed E-state index contributed by atoms with van der Waals surface area (Å²) in [5.74, 6) is 1.63. The predicted octanol–water partition coefficient (Wildman–Crippen LogP) is 2.77. The van der Waals surface area contributed by atoms with Gasteiger partial charge in [0.2, 0.25) is 0 Å². The largest absolute Gasteiger partial charge is 0.497 e. The van der Waals surface area contributed by atoms with Crippen molar-refractivity contribution in [1.82, 2.24) is 14.9 Å². The maximum absolute atomic E-state index is 6.01. The molecule has 0 saturated carbocycles. The summed E-state index contributed by atoms with van der Waals surface area (Å²) in [4.78, 5) is 4.16. The van der Waals surface area contributed by atoms with E-state index in [2.05, 4.69) is 28.7 Å². The molecule has 1 unspecified atom stereocenters. The molecule has 5 nitrogen and oxygen atoms in total. The van der Waals surface area contributed by atoms with E-state index in [1.165, 1.54) is 0 Å². The number of aryl methyl sites for hydroxylation is 1. The van der Waals surface area contributed by atoms with E-state index < -0.39 is 0 Å². The standard InChI is InChI=1S/C16H23N3O2/c1-5-19-11-18-9-13(19)10-21-16-8-14(20-4)6-7-15(16)12(2)17-3/h6-9,11-12,17H,5,10H2,1-4H3. The number of hydrogen-bond acceptors (Lipinski definition) is 4. The number of aromatic nitrogens is 2. The van der Waals surface area contributed by atoms with E-state index >= 15 is 0 Å². The summed E-state index contributed by atoms with van der Waals surface area (Å²) in [5.41, 5.74) is 2.17. The Morgan fingerprint density at radius 2 is 2.19 bits per heavy atom. The second-order valence-corrected chi connectivity index (χ2v) is 4.87. The van der Waals surface area contributed by atoms with Gasteiger partial charge < -0.3 is 19.4 Å². The number of nitrogens with zero attached hydrogens (tertiary/aromatic N) is 2. The first-order valence-electron chi connectivity index (χ1n) is 7.16. The fourth-order valence-electron chi connectivity index (χ4n) is 2.18. The van der Waals surface area contributed by atoms with Crippen molar-refractivity contribution in [2.24, 2.45) is 0 Å². The summed E-state index contributed by atoms with van der Waals surface area (Å²) in [7, 11) is 3.59. The summed E-state index contributed by atoms with van der Waals surface area (Å²) < 4.78 is 13.4. The topological polar surface area (TPSA) is 48.3 Å². The highest BCUT2D eigenvalue weighted by Crippen LogP contribution is 2.30. The Balaban J connectivity index is 2.20.